The van der Waals surface area contributed by atoms with Gasteiger partial charge in [0.15, 0.2) is 9.84 Å². The summed E-state index contributed by atoms with van der Waals surface area (Å²) in [6.45, 7) is 3.57. The van der Waals surface area contributed by atoms with E-state index in [0.717, 1.165) is 37.9 Å². The Morgan fingerprint density at radius 3 is 2.68 bits per heavy atom. The zero-order valence-electron chi connectivity index (χ0n) is 11.5. The molecular formula is C13H21N3O2S. The van der Waals surface area contributed by atoms with Gasteiger partial charge in [-0.15, -0.1) is 0 Å². The Labute approximate surface area is 114 Å². The van der Waals surface area contributed by atoms with Gasteiger partial charge in [0, 0.05) is 12.6 Å². The van der Waals surface area contributed by atoms with E-state index >= 15 is 0 Å². The maximum Gasteiger partial charge on any atom is 0.184 e. The number of nitrogens with zero attached hydrogens (tertiary/aromatic N) is 3. The van der Waals surface area contributed by atoms with E-state index in [9.17, 15) is 8.42 Å². The third-order valence-electron chi connectivity index (χ3n) is 4.55. The average molecular weight is 283 g/mol. The van der Waals surface area contributed by atoms with Crippen molar-refractivity contribution in [3.05, 3.63) is 11.9 Å². The van der Waals surface area contributed by atoms with E-state index in [1.54, 1.807) is 6.20 Å². The maximum absolute atomic E-state index is 12.7. The zero-order valence-corrected chi connectivity index (χ0v) is 12.4. The molecule has 3 rings (SSSR count). The van der Waals surface area contributed by atoms with E-state index in [1.165, 1.54) is 0 Å². The van der Waals surface area contributed by atoms with Crippen molar-refractivity contribution in [3.8, 4) is 0 Å². The minimum Gasteiger partial charge on any atom is -0.296 e. The first kappa shape index (κ1) is 13.1. The van der Waals surface area contributed by atoms with Crippen LogP contribution in [-0.4, -0.2) is 41.4 Å². The van der Waals surface area contributed by atoms with Crippen LogP contribution in [-0.2, 0) is 22.9 Å². The quantitative estimate of drug-likeness (QED) is 0.824. The maximum atomic E-state index is 12.7. The van der Waals surface area contributed by atoms with Crippen molar-refractivity contribution in [2.75, 3.05) is 7.05 Å². The third kappa shape index (κ3) is 2.10. The highest BCUT2D eigenvalue weighted by atomic mass is 32.2. The van der Waals surface area contributed by atoms with Crippen LogP contribution >= 0.6 is 0 Å². The van der Waals surface area contributed by atoms with Crippen molar-refractivity contribution >= 4 is 9.84 Å². The van der Waals surface area contributed by atoms with Gasteiger partial charge in [0.05, 0.1) is 23.7 Å². The minimum absolute atomic E-state index is 0.189. The summed E-state index contributed by atoms with van der Waals surface area (Å²) >= 11 is 0. The van der Waals surface area contributed by atoms with Crippen molar-refractivity contribution in [1.82, 2.24) is 14.7 Å². The van der Waals surface area contributed by atoms with Crippen LogP contribution in [0.2, 0.25) is 0 Å². The Morgan fingerprint density at radius 2 is 2.00 bits per heavy atom. The van der Waals surface area contributed by atoms with E-state index in [1.807, 2.05) is 11.7 Å². The van der Waals surface area contributed by atoms with Crippen LogP contribution < -0.4 is 0 Å². The van der Waals surface area contributed by atoms with Gasteiger partial charge in [0.2, 0.25) is 0 Å². The normalized spacial score (nSPS) is 25.7. The molecule has 2 heterocycles. The second-order valence-corrected chi connectivity index (χ2v) is 8.05. The van der Waals surface area contributed by atoms with Crippen LogP contribution in [0, 0.1) is 0 Å². The van der Waals surface area contributed by atoms with Gasteiger partial charge in [-0.1, -0.05) is 12.8 Å². The Hall–Kier alpha value is -0.880. The van der Waals surface area contributed by atoms with Crippen LogP contribution in [0.25, 0.3) is 0 Å². The molecule has 0 spiro atoms. The molecule has 0 unspecified atom stereocenters. The topological polar surface area (TPSA) is 55.2 Å². The Morgan fingerprint density at radius 1 is 1.32 bits per heavy atom. The Balaban J connectivity index is 1.99. The first-order chi connectivity index (χ1) is 9.00. The van der Waals surface area contributed by atoms with E-state index in [2.05, 4.69) is 16.9 Å². The summed E-state index contributed by atoms with van der Waals surface area (Å²) in [5.41, 5.74) is 0.868. The predicted octanol–water partition coefficient (Wildman–Crippen LogP) is 1.43. The summed E-state index contributed by atoms with van der Waals surface area (Å²) in [6.07, 6.45) is 5.24. The lowest BCUT2D eigenvalue weighted by molar-refractivity contribution is 0.180. The van der Waals surface area contributed by atoms with E-state index in [4.69, 9.17) is 0 Å². The molecule has 1 aromatic rings. The number of sulfone groups is 1. The molecule has 1 saturated carbocycles. The number of aromatic nitrogens is 2. The van der Waals surface area contributed by atoms with Gasteiger partial charge in [-0.3, -0.25) is 9.58 Å². The molecule has 5 nitrogen and oxygen atoms in total. The molecule has 0 bridgehead atoms. The van der Waals surface area contributed by atoms with Crippen molar-refractivity contribution in [2.45, 2.75) is 61.9 Å². The Kier molecular flexibility index (Phi) is 3.17. The van der Waals surface area contributed by atoms with Crippen molar-refractivity contribution < 1.29 is 8.42 Å². The number of hydrogen-bond acceptors (Lipinski definition) is 4. The fourth-order valence-corrected chi connectivity index (χ4v) is 5.11. The fourth-order valence-electron chi connectivity index (χ4n) is 3.11. The molecule has 1 aliphatic carbocycles. The fraction of sp³-hybridized carbons (Fsp3) is 0.769. The van der Waals surface area contributed by atoms with Crippen LogP contribution in [0.1, 0.15) is 38.3 Å². The smallest absolute Gasteiger partial charge is 0.184 e. The van der Waals surface area contributed by atoms with Gasteiger partial charge in [-0.2, -0.15) is 5.10 Å². The molecule has 1 fully saturated rings. The molecule has 6 heteroatoms. The number of fused-ring (bicyclic) bond motifs is 1. The molecule has 19 heavy (non-hydrogen) atoms. The first-order valence-corrected chi connectivity index (χ1v) is 8.53. The highest BCUT2D eigenvalue weighted by molar-refractivity contribution is 7.92. The van der Waals surface area contributed by atoms with Gasteiger partial charge in [0.1, 0.15) is 4.90 Å². The standard InChI is InChI=1S/C13H21N3O2S/c1-10-8-16-12(9-15(10)2)13(7-14-16)19(17,18)11-5-3-4-6-11/h7,10-11H,3-6,8-9H2,1-2H3/t10-/m0/s1. The van der Waals surface area contributed by atoms with Crippen molar-refractivity contribution in [2.24, 2.45) is 0 Å². The van der Waals surface area contributed by atoms with Gasteiger partial charge < -0.3 is 0 Å². The molecule has 1 atom stereocenters. The number of rotatable bonds is 2. The van der Waals surface area contributed by atoms with Crippen LogP contribution in [0.4, 0.5) is 0 Å². The summed E-state index contributed by atoms with van der Waals surface area (Å²) in [5.74, 6) is 0. The van der Waals surface area contributed by atoms with Crippen molar-refractivity contribution in [3.63, 3.8) is 0 Å². The highest BCUT2D eigenvalue weighted by Gasteiger charge is 2.35. The van der Waals surface area contributed by atoms with E-state index in [-0.39, 0.29) is 5.25 Å². The molecule has 1 aliphatic heterocycles. The third-order valence-corrected chi connectivity index (χ3v) is 6.85. The zero-order chi connectivity index (χ0) is 13.6. The first-order valence-electron chi connectivity index (χ1n) is 6.99. The van der Waals surface area contributed by atoms with E-state index < -0.39 is 9.84 Å². The van der Waals surface area contributed by atoms with E-state index in [0.29, 0.717) is 17.5 Å². The monoisotopic (exact) mass is 283 g/mol. The molecular weight excluding hydrogens is 262 g/mol. The second kappa shape index (κ2) is 4.59. The predicted molar refractivity (Wildman–Crippen MR) is 72.6 cm³/mol. The summed E-state index contributed by atoms with van der Waals surface area (Å²) < 4.78 is 27.2. The molecule has 0 amide bonds. The SMILES string of the molecule is C[C@H]1Cn2ncc(S(=O)(=O)C3CCCC3)c2CN1C. The van der Waals surface area contributed by atoms with Crippen LogP contribution in [0.15, 0.2) is 11.1 Å². The van der Waals surface area contributed by atoms with Crippen LogP contribution in [0.3, 0.4) is 0 Å². The lowest BCUT2D eigenvalue weighted by Crippen LogP contribution is -2.39. The molecule has 0 radical (unpaired) electrons. The lowest BCUT2D eigenvalue weighted by atomic mass is 10.2. The molecule has 0 N–H and O–H groups in total. The Bertz CT molecular complexity index is 573. The number of hydrogen-bond donors (Lipinski definition) is 0. The minimum atomic E-state index is -3.19. The van der Waals surface area contributed by atoms with Gasteiger partial charge in [-0.05, 0) is 26.8 Å². The number of likely N-dealkylation sites (N-methyl/N-ethyl adjacent to an activating group) is 1. The van der Waals surface area contributed by atoms with Gasteiger partial charge >= 0.3 is 0 Å². The molecule has 0 saturated heterocycles. The van der Waals surface area contributed by atoms with Crippen LogP contribution in [0.5, 0.6) is 0 Å². The average Bonchev–Trinajstić information content (AvgIpc) is 2.98. The summed E-state index contributed by atoms with van der Waals surface area (Å²) in [4.78, 5) is 2.66. The summed E-state index contributed by atoms with van der Waals surface area (Å²) in [7, 11) is -1.15. The molecule has 2 aliphatic rings. The highest BCUT2D eigenvalue weighted by Crippen LogP contribution is 2.32. The lowest BCUT2D eigenvalue weighted by Gasteiger charge is -2.31. The molecule has 0 aromatic carbocycles. The molecule has 1 aromatic heterocycles. The summed E-state index contributed by atoms with van der Waals surface area (Å²) in [6, 6.07) is 0.398. The van der Waals surface area contributed by atoms with Gasteiger partial charge in [0.25, 0.3) is 0 Å². The largest absolute Gasteiger partial charge is 0.296 e. The molecule has 106 valence electrons. The second-order valence-electron chi connectivity index (χ2n) is 5.85. The summed E-state index contributed by atoms with van der Waals surface area (Å²) in [5, 5.41) is 4.10. The van der Waals surface area contributed by atoms with Gasteiger partial charge in [-0.25, -0.2) is 8.42 Å². The van der Waals surface area contributed by atoms with Crippen molar-refractivity contribution in [1.29, 1.82) is 0 Å².